The largest absolute Gasteiger partial charge is 0.308 e. The van der Waals surface area contributed by atoms with Crippen LogP contribution in [-0.2, 0) is 0 Å². The van der Waals surface area contributed by atoms with Gasteiger partial charge in [-0.1, -0.05) is 173 Å². The Labute approximate surface area is 402 Å². The smallest absolute Gasteiger partial charge is 0.0647 e. The molecule has 0 atom stereocenters. The van der Waals surface area contributed by atoms with Crippen molar-refractivity contribution in [1.29, 1.82) is 0 Å². The van der Waals surface area contributed by atoms with Crippen molar-refractivity contribution in [3.05, 3.63) is 205 Å². The number of para-hydroxylation sites is 2. The molecule has 13 aromatic rings. The molecular weight excluding hydrogens is 869 g/mol. The molecule has 0 aliphatic rings. The van der Waals surface area contributed by atoms with Crippen molar-refractivity contribution in [3.8, 4) is 0 Å². The lowest BCUT2D eigenvalue weighted by atomic mass is 9.96. The Morgan fingerprint density at radius 3 is 1.34 bits per heavy atom. The molecule has 3 heterocycles. The number of benzene rings is 10. The molecule has 0 bridgehead atoms. The van der Waals surface area contributed by atoms with E-state index in [-0.39, 0.29) is 0 Å². The van der Waals surface area contributed by atoms with Gasteiger partial charge in [0.15, 0.2) is 0 Å². The van der Waals surface area contributed by atoms with Crippen molar-refractivity contribution in [2.45, 2.75) is 39.5 Å². The molecule has 13 rings (SSSR count). The zero-order valence-electron chi connectivity index (χ0n) is 37.7. The summed E-state index contributed by atoms with van der Waals surface area (Å²) in [6.07, 6.45) is 0. The normalized spacial score (nSPS) is 12.1. The molecule has 0 unspecified atom stereocenters. The van der Waals surface area contributed by atoms with Crippen LogP contribution >= 0.6 is 34.0 Å². The fraction of sp³-hybridized carbons (Fsp3) is 0.0968. The van der Waals surface area contributed by atoms with Crippen LogP contribution in [0.15, 0.2) is 194 Å². The molecule has 2 nitrogen and oxygen atoms in total. The SMILES string of the molecule is CC(C)c1cccc2c1sc1c(N(c3ccccc3)c3cc4ccccc4c4c3sc3cc5ccccc5c(N(c5ccccc5)c5cccc6c5sc5c(C(C)C)cccc56)c34)cccc12. The minimum atomic E-state index is 0.418. The van der Waals surface area contributed by atoms with E-state index in [0.29, 0.717) is 11.8 Å². The maximum atomic E-state index is 2.59. The molecule has 0 spiro atoms. The second-order valence-electron chi connectivity index (χ2n) is 18.4. The highest BCUT2D eigenvalue weighted by Gasteiger charge is 2.28. The van der Waals surface area contributed by atoms with Crippen molar-refractivity contribution < 1.29 is 0 Å². The van der Waals surface area contributed by atoms with Crippen molar-refractivity contribution >= 4 is 150 Å². The summed E-state index contributed by atoms with van der Waals surface area (Å²) in [5.74, 6) is 0.842. The number of hydrogen-bond donors (Lipinski definition) is 0. The van der Waals surface area contributed by atoms with Gasteiger partial charge in [0.1, 0.15) is 0 Å². The van der Waals surface area contributed by atoms with E-state index in [1.165, 1.54) is 116 Å². The Balaban J connectivity index is 1.18. The third kappa shape index (κ3) is 6.25. The number of rotatable bonds is 8. The minimum Gasteiger partial charge on any atom is -0.308 e. The predicted molar refractivity (Wildman–Crippen MR) is 298 cm³/mol. The fourth-order valence-corrected chi connectivity index (χ4v) is 14.9. The highest BCUT2D eigenvalue weighted by molar-refractivity contribution is 7.27. The predicted octanol–water partition coefficient (Wildman–Crippen LogP) is 20.3. The topological polar surface area (TPSA) is 6.48 Å². The Morgan fingerprint density at radius 1 is 0.328 bits per heavy atom. The van der Waals surface area contributed by atoms with E-state index in [1.807, 2.05) is 34.0 Å². The van der Waals surface area contributed by atoms with Crippen LogP contribution in [0.3, 0.4) is 0 Å². The molecule has 322 valence electrons. The third-order valence-corrected chi connectivity index (χ3v) is 17.5. The monoisotopic (exact) mass is 914 g/mol. The Hall–Kier alpha value is -7.02. The van der Waals surface area contributed by atoms with E-state index in [0.717, 1.165) is 11.4 Å². The van der Waals surface area contributed by atoms with Crippen LogP contribution in [0, 0.1) is 0 Å². The van der Waals surface area contributed by atoms with E-state index < -0.39 is 0 Å². The van der Waals surface area contributed by atoms with E-state index in [2.05, 4.69) is 232 Å². The Morgan fingerprint density at radius 2 is 0.776 bits per heavy atom. The molecule has 0 radical (unpaired) electrons. The van der Waals surface area contributed by atoms with Crippen LogP contribution in [0.4, 0.5) is 34.1 Å². The number of thiophene rings is 3. The summed E-state index contributed by atoms with van der Waals surface area (Å²) in [7, 11) is 0. The van der Waals surface area contributed by atoms with Crippen LogP contribution in [0.1, 0.15) is 50.7 Å². The lowest BCUT2D eigenvalue weighted by Crippen LogP contribution is -2.11. The molecule has 5 heteroatoms. The maximum absolute atomic E-state index is 2.59. The molecule has 0 aliphatic heterocycles. The summed E-state index contributed by atoms with van der Waals surface area (Å²) in [6, 6.07) is 72.6. The first-order valence-corrected chi connectivity index (χ1v) is 25.8. The zero-order chi connectivity index (χ0) is 44.9. The van der Waals surface area contributed by atoms with Crippen LogP contribution in [0.5, 0.6) is 0 Å². The average Bonchev–Trinajstić information content (AvgIpc) is 4.07. The number of fused-ring (bicyclic) bond motifs is 12. The van der Waals surface area contributed by atoms with Gasteiger partial charge in [0.05, 0.1) is 36.8 Å². The van der Waals surface area contributed by atoms with Crippen LogP contribution < -0.4 is 9.80 Å². The molecule has 0 aliphatic carbocycles. The Bertz CT molecular complexity index is 4060. The molecule has 0 fully saturated rings. The molecule has 3 aromatic heterocycles. The maximum Gasteiger partial charge on any atom is 0.0647 e. The molecule has 10 aromatic carbocycles. The highest BCUT2D eigenvalue weighted by Crippen LogP contribution is 2.56. The molecule has 0 N–H and O–H groups in total. The second kappa shape index (κ2) is 15.8. The first kappa shape index (κ1) is 40.3. The van der Waals surface area contributed by atoms with E-state index in [9.17, 15) is 0 Å². The quantitative estimate of drug-likeness (QED) is 0.150. The zero-order valence-corrected chi connectivity index (χ0v) is 40.2. The lowest BCUT2D eigenvalue weighted by molar-refractivity contribution is 0.878. The molecule has 0 amide bonds. The van der Waals surface area contributed by atoms with Gasteiger partial charge < -0.3 is 9.80 Å². The van der Waals surface area contributed by atoms with Gasteiger partial charge in [-0.15, -0.1) is 34.0 Å². The van der Waals surface area contributed by atoms with Crippen molar-refractivity contribution in [1.82, 2.24) is 0 Å². The summed E-state index contributed by atoms with van der Waals surface area (Å²) in [6.45, 7) is 9.25. The molecule has 0 saturated heterocycles. The van der Waals surface area contributed by atoms with Gasteiger partial charge in [0.25, 0.3) is 0 Å². The van der Waals surface area contributed by atoms with Crippen molar-refractivity contribution in [2.24, 2.45) is 0 Å². The summed E-state index contributed by atoms with van der Waals surface area (Å²) in [4.78, 5) is 5.14. The molecule has 0 saturated carbocycles. The van der Waals surface area contributed by atoms with Crippen molar-refractivity contribution in [3.63, 3.8) is 0 Å². The van der Waals surface area contributed by atoms with Crippen molar-refractivity contribution in [2.75, 3.05) is 9.80 Å². The average molecular weight is 915 g/mol. The summed E-state index contributed by atoms with van der Waals surface area (Å²) in [5.41, 5.74) is 9.87. The van der Waals surface area contributed by atoms with Gasteiger partial charge in [-0.3, -0.25) is 0 Å². The first-order chi connectivity index (χ1) is 32.9. The van der Waals surface area contributed by atoms with Gasteiger partial charge >= 0.3 is 0 Å². The van der Waals surface area contributed by atoms with Crippen LogP contribution in [-0.4, -0.2) is 0 Å². The van der Waals surface area contributed by atoms with Crippen LogP contribution in [0.2, 0.25) is 0 Å². The van der Waals surface area contributed by atoms with Gasteiger partial charge in [0.2, 0.25) is 0 Å². The molecule has 67 heavy (non-hydrogen) atoms. The summed E-state index contributed by atoms with van der Waals surface area (Å²) >= 11 is 5.80. The fourth-order valence-electron chi connectivity index (χ4n) is 10.7. The van der Waals surface area contributed by atoms with E-state index >= 15 is 0 Å². The molecular formula is C62H46N2S3. The standard InChI is InChI=1S/C62H46N2S3/c1-37(2)43-27-15-29-47-49-31-17-33-51(60(49)66-58(43)47)63(41-21-7-5-8-22-41)53-35-39-19-11-13-25-45(39)55-56-54(65-62(53)55)36-40-20-12-14-26-46(40)57(56)64(42-23-9-6-10-24-42)52-34-18-32-50-48-30-16-28-44(38(3)4)59(48)67-61(50)52/h5-38H,1-4H3. The third-order valence-electron chi connectivity index (χ3n) is 13.7. The second-order valence-corrected chi connectivity index (χ2v) is 21.4. The van der Waals surface area contributed by atoms with E-state index in [4.69, 9.17) is 0 Å². The van der Waals surface area contributed by atoms with Crippen LogP contribution in [0.25, 0.3) is 82.1 Å². The van der Waals surface area contributed by atoms with E-state index in [1.54, 1.807) is 0 Å². The van der Waals surface area contributed by atoms with Gasteiger partial charge in [0, 0.05) is 63.2 Å². The summed E-state index contributed by atoms with van der Waals surface area (Å²) < 4.78 is 7.89. The summed E-state index contributed by atoms with van der Waals surface area (Å²) in [5, 5.41) is 12.8. The number of hydrogen-bond acceptors (Lipinski definition) is 5. The Kier molecular flexibility index (Phi) is 9.50. The lowest BCUT2D eigenvalue weighted by Gasteiger charge is -2.29. The minimum absolute atomic E-state index is 0.418. The first-order valence-electron chi connectivity index (χ1n) is 23.3. The van der Waals surface area contributed by atoms with Gasteiger partial charge in [-0.05, 0) is 87.7 Å². The number of nitrogens with zero attached hydrogens (tertiary/aromatic N) is 2. The highest BCUT2D eigenvalue weighted by atomic mass is 32.1. The van der Waals surface area contributed by atoms with Gasteiger partial charge in [-0.2, -0.15) is 0 Å². The number of anilines is 6. The van der Waals surface area contributed by atoms with Gasteiger partial charge in [-0.25, -0.2) is 0 Å².